The van der Waals surface area contributed by atoms with E-state index < -0.39 is 13.6 Å². The lowest BCUT2D eigenvalue weighted by atomic mass is 9.61. The predicted molar refractivity (Wildman–Crippen MR) is 133 cm³/mol. The van der Waals surface area contributed by atoms with E-state index in [4.69, 9.17) is 9.26 Å². The number of phosphoric ester groups is 1. The van der Waals surface area contributed by atoms with Gasteiger partial charge < -0.3 is 19.3 Å². The number of rotatable bonds is 8. The lowest BCUT2D eigenvalue weighted by Gasteiger charge is -2.58. The summed E-state index contributed by atoms with van der Waals surface area (Å²) in [4.78, 5) is 46.3. The van der Waals surface area contributed by atoms with Crippen LogP contribution in [0.2, 0.25) is 0 Å². The fourth-order valence-electron chi connectivity index (χ4n) is 5.89. The molecule has 0 aromatic heterocycles. The van der Waals surface area contributed by atoms with Gasteiger partial charge in [0.15, 0.2) is 0 Å². The third kappa shape index (κ3) is 5.25. The summed E-state index contributed by atoms with van der Waals surface area (Å²) in [6.07, 6.45) is 1.93. The topological polar surface area (TPSA) is 137 Å². The maximum Gasteiger partial charge on any atom is 0.524 e. The molecule has 37 heavy (non-hydrogen) atoms. The molecule has 2 fully saturated rings. The number of hydrogen-bond acceptors (Lipinski definition) is 7. The van der Waals surface area contributed by atoms with Crippen molar-refractivity contribution in [3.63, 3.8) is 0 Å². The molecule has 2 aliphatic heterocycles. The Morgan fingerprint density at radius 3 is 2.51 bits per heavy atom. The third-order valence-electron chi connectivity index (χ3n) is 7.57. The number of fused-ring (bicyclic) bond motifs is 1. The number of ether oxygens (including phenoxy) is 1. The van der Waals surface area contributed by atoms with Crippen molar-refractivity contribution in [2.75, 3.05) is 13.1 Å². The first-order valence-corrected chi connectivity index (χ1v) is 13.8. The highest BCUT2D eigenvalue weighted by molar-refractivity contribution is 7.46. The molecule has 11 heteroatoms. The highest BCUT2D eigenvalue weighted by Crippen LogP contribution is 2.50. The van der Waals surface area contributed by atoms with Gasteiger partial charge in [0.05, 0.1) is 5.56 Å². The fourth-order valence-corrected chi connectivity index (χ4v) is 6.30. The summed E-state index contributed by atoms with van der Waals surface area (Å²) in [6, 6.07) is 8.80. The molecule has 1 aliphatic carbocycles. The van der Waals surface area contributed by atoms with Gasteiger partial charge in [-0.15, -0.1) is 0 Å². The van der Waals surface area contributed by atoms with Crippen LogP contribution < -0.4 is 4.52 Å². The van der Waals surface area contributed by atoms with Crippen molar-refractivity contribution in [3.8, 4) is 11.5 Å². The molecule has 1 saturated heterocycles. The summed E-state index contributed by atoms with van der Waals surface area (Å²) < 4.78 is 21.1. The molecule has 0 radical (unpaired) electrons. The average molecular weight is 531 g/mol. The Balaban J connectivity index is 1.24. The van der Waals surface area contributed by atoms with Gasteiger partial charge in [0.25, 0.3) is 12.4 Å². The van der Waals surface area contributed by atoms with Gasteiger partial charge >= 0.3 is 7.82 Å². The van der Waals surface area contributed by atoms with E-state index in [9.17, 15) is 29.0 Å². The minimum atomic E-state index is -4.83. The number of phosphoric acid groups is 1. The van der Waals surface area contributed by atoms with Crippen molar-refractivity contribution in [1.29, 1.82) is 0 Å². The zero-order chi connectivity index (χ0) is 26.5. The molecule has 10 nitrogen and oxygen atoms in total. The smallest absolute Gasteiger partial charge is 0.507 e. The van der Waals surface area contributed by atoms with Crippen LogP contribution in [0.25, 0.3) is 0 Å². The van der Waals surface area contributed by atoms with Gasteiger partial charge in [-0.3, -0.25) is 24.3 Å². The first-order chi connectivity index (χ1) is 17.4. The van der Waals surface area contributed by atoms with E-state index in [0.717, 1.165) is 49.7 Å². The lowest BCUT2D eigenvalue weighted by molar-refractivity contribution is -0.165. The number of carbonyl (C=O) groups excluding carboxylic acids is 2. The maximum absolute atomic E-state index is 13.3. The Hall–Kier alpha value is -2.91. The molecule has 2 aromatic carbocycles. The van der Waals surface area contributed by atoms with Crippen LogP contribution in [0, 0.1) is 5.41 Å². The fraction of sp³-hybridized carbons (Fsp3) is 0.462. The van der Waals surface area contributed by atoms with E-state index in [-0.39, 0.29) is 34.7 Å². The van der Waals surface area contributed by atoms with Crippen LogP contribution in [0.5, 0.6) is 11.5 Å². The minimum Gasteiger partial charge on any atom is -0.507 e. The molecule has 198 valence electrons. The second-order valence-electron chi connectivity index (χ2n) is 10.8. The molecule has 2 heterocycles. The van der Waals surface area contributed by atoms with E-state index in [1.807, 2.05) is 19.9 Å². The van der Waals surface area contributed by atoms with Gasteiger partial charge in [0.2, 0.25) is 0 Å². The molecule has 2 aromatic rings. The van der Waals surface area contributed by atoms with Crippen LogP contribution in [0.3, 0.4) is 0 Å². The van der Waals surface area contributed by atoms with E-state index in [0.29, 0.717) is 25.1 Å². The Kier molecular flexibility index (Phi) is 6.56. The van der Waals surface area contributed by atoms with Crippen molar-refractivity contribution >= 4 is 20.2 Å². The number of hydrogen-bond donors (Lipinski definition) is 3. The quantitative estimate of drug-likeness (QED) is 0.347. The Morgan fingerprint density at radius 1 is 1.16 bits per heavy atom. The van der Waals surface area contributed by atoms with Gasteiger partial charge in [0, 0.05) is 44.2 Å². The van der Waals surface area contributed by atoms with Crippen LogP contribution in [0.4, 0.5) is 0 Å². The van der Waals surface area contributed by atoms with E-state index in [1.54, 1.807) is 4.90 Å². The van der Waals surface area contributed by atoms with E-state index in [1.165, 1.54) is 11.6 Å². The predicted octanol–water partition coefficient (Wildman–Crippen LogP) is 3.28. The molecule has 0 atom stereocenters. The normalized spacial score (nSPS) is 18.9. The van der Waals surface area contributed by atoms with Crippen molar-refractivity contribution < 1.29 is 38.3 Å². The largest absolute Gasteiger partial charge is 0.524 e. The van der Waals surface area contributed by atoms with Crippen molar-refractivity contribution in [3.05, 3.63) is 58.1 Å². The molecule has 5 rings (SSSR count). The summed E-state index contributed by atoms with van der Waals surface area (Å²) in [5.74, 6) is -1.09. The van der Waals surface area contributed by atoms with Gasteiger partial charge in [-0.25, -0.2) is 4.57 Å². The van der Waals surface area contributed by atoms with Gasteiger partial charge in [0.1, 0.15) is 17.6 Å². The zero-order valence-electron chi connectivity index (χ0n) is 20.8. The van der Waals surface area contributed by atoms with E-state index in [2.05, 4.69) is 17.0 Å². The molecule has 1 amide bonds. The SMILES string of the molecule is CC(C)c1cc(C(=O)N2Cc3ccc(CN4CC5(CC(OC=O)C5)C4)cc3C2)c(O)cc1OP(=O)(O)O. The first-order valence-electron chi connectivity index (χ1n) is 12.3. The van der Waals surface area contributed by atoms with E-state index >= 15 is 0 Å². The van der Waals surface area contributed by atoms with Gasteiger partial charge in [-0.1, -0.05) is 32.0 Å². The summed E-state index contributed by atoms with van der Waals surface area (Å²) in [5.41, 5.74) is 4.07. The zero-order valence-corrected chi connectivity index (χ0v) is 21.7. The number of amides is 1. The summed E-state index contributed by atoms with van der Waals surface area (Å²) in [7, 11) is -4.83. The van der Waals surface area contributed by atoms with Crippen molar-refractivity contribution in [2.45, 2.75) is 58.3 Å². The van der Waals surface area contributed by atoms with Crippen LogP contribution in [-0.2, 0) is 33.7 Å². The molecule has 1 spiro atoms. The highest BCUT2D eigenvalue weighted by atomic mass is 31.2. The van der Waals surface area contributed by atoms with Gasteiger partial charge in [-0.2, -0.15) is 0 Å². The summed E-state index contributed by atoms with van der Waals surface area (Å²) >= 11 is 0. The average Bonchev–Trinajstić information content (AvgIpc) is 3.18. The number of phenols is 1. The summed E-state index contributed by atoms with van der Waals surface area (Å²) in [6.45, 7) is 7.78. The lowest BCUT2D eigenvalue weighted by Crippen LogP contribution is -2.63. The standard InChI is InChI=1S/C26H31N2O8P/c1-16(2)21-6-22(23(30)7-24(21)36-37(32,33)34)25(31)28-11-18-4-3-17(5-19(18)12-28)10-27-13-26(14-27)8-20(9-26)35-15-29/h3-7,15-16,20,30H,8-14H2,1-2H3,(H2,32,33,34). The number of phenolic OH excluding ortho intramolecular Hbond substituents is 1. The highest BCUT2D eigenvalue weighted by Gasteiger charge is 2.53. The minimum absolute atomic E-state index is 0.0639. The van der Waals surface area contributed by atoms with Crippen molar-refractivity contribution in [2.24, 2.45) is 5.41 Å². The Bertz CT molecular complexity index is 1280. The Morgan fingerprint density at radius 2 is 1.86 bits per heavy atom. The second-order valence-corrected chi connectivity index (χ2v) is 12.0. The van der Waals surface area contributed by atoms with Crippen LogP contribution in [-0.4, -0.2) is 56.3 Å². The molecule has 3 N–H and O–H groups in total. The third-order valence-corrected chi connectivity index (χ3v) is 8.01. The number of carbonyl (C=O) groups is 2. The second kappa shape index (κ2) is 9.44. The van der Waals surface area contributed by atoms with Crippen LogP contribution in [0.1, 0.15) is 65.2 Å². The molecule has 0 bridgehead atoms. The summed E-state index contributed by atoms with van der Waals surface area (Å²) in [5, 5.41) is 10.5. The van der Waals surface area contributed by atoms with Crippen LogP contribution in [0.15, 0.2) is 30.3 Å². The molecular formula is C26H31N2O8P. The van der Waals surface area contributed by atoms with Crippen LogP contribution >= 0.6 is 7.82 Å². The number of nitrogens with zero attached hydrogens (tertiary/aromatic N) is 2. The number of benzene rings is 2. The molecule has 0 unspecified atom stereocenters. The monoisotopic (exact) mass is 530 g/mol. The van der Waals surface area contributed by atoms with Gasteiger partial charge in [-0.05, 0) is 47.1 Å². The number of likely N-dealkylation sites (tertiary alicyclic amines) is 1. The Labute approximate surface area is 215 Å². The van der Waals surface area contributed by atoms with Crippen molar-refractivity contribution in [1.82, 2.24) is 9.80 Å². The number of aromatic hydroxyl groups is 1. The first kappa shape index (κ1) is 25.7. The molecule has 1 saturated carbocycles. The maximum atomic E-state index is 13.3. The molecular weight excluding hydrogens is 499 g/mol. The molecule has 3 aliphatic rings.